The van der Waals surface area contributed by atoms with E-state index in [4.69, 9.17) is 9.47 Å². The number of carbonyl (C=O) groups is 1. The first-order chi connectivity index (χ1) is 15.6. The van der Waals surface area contributed by atoms with Gasteiger partial charge in [-0.15, -0.1) is 0 Å². The first-order valence-electron chi connectivity index (χ1n) is 12.4. The number of benzene rings is 1. The second-order valence-corrected chi connectivity index (χ2v) is 8.62. The predicted molar refractivity (Wildman–Crippen MR) is 130 cm³/mol. The quantitative estimate of drug-likeness (QED) is 0.155. The molecule has 0 radical (unpaired) electrons. The number of hydrogen-bond donors (Lipinski definition) is 0. The molecule has 0 aliphatic carbocycles. The van der Waals surface area contributed by atoms with Crippen LogP contribution in [-0.2, 0) is 4.79 Å². The Kier molecular flexibility index (Phi) is 12.4. The number of aromatic nitrogens is 2. The maximum absolute atomic E-state index is 12.0. The van der Waals surface area contributed by atoms with Gasteiger partial charge in [-0.1, -0.05) is 72.1 Å². The fourth-order valence-electron chi connectivity index (χ4n) is 3.43. The zero-order valence-electron chi connectivity index (χ0n) is 20.1. The smallest absolute Gasteiger partial charge is 0.311 e. The van der Waals surface area contributed by atoms with Crippen LogP contribution in [0.5, 0.6) is 11.5 Å². The van der Waals surface area contributed by atoms with Crippen molar-refractivity contribution in [1.82, 2.24) is 9.97 Å². The van der Waals surface area contributed by atoms with Gasteiger partial charge in [0.2, 0.25) is 0 Å². The molecule has 0 N–H and O–H groups in total. The zero-order chi connectivity index (χ0) is 23.0. The summed E-state index contributed by atoms with van der Waals surface area (Å²) in [6.07, 6.45) is 15.6. The highest BCUT2D eigenvalue weighted by atomic mass is 16.5. The van der Waals surface area contributed by atoms with Crippen LogP contribution in [0.3, 0.4) is 0 Å². The third-order valence-corrected chi connectivity index (χ3v) is 5.76. The highest BCUT2D eigenvalue weighted by Gasteiger charge is 2.08. The number of unbranched alkanes of at least 4 members (excludes halogenated alkanes) is 6. The maximum atomic E-state index is 12.0. The Morgan fingerprint density at radius 1 is 0.875 bits per heavy atom. The van der Waals surface area contributed by atoms with Gasteiger partial charge in [-0.2, -0.15) is 0 Å². The molecule has 2 aromatic rings. The van der Waals surface area contributed by atoms with Crippen molar-refractivity contribution >= 4 is 5.97 Å². The lowest BCUT2D eigenvalue weighted by Crippen LogP contribution is -2.07. The van der Waals surface area contributed by atoms with Gasteiger partial charge in [0, 0.05) is 12.0 Å². The summed E-state index contributed by atoms with van der Waals surface area (Å²) in [5.41, 5.74) is 0.876. The van der Waals surface area contributed by atoms with E-state index >= 15 is 0 Å². The van der Waals surface area contributed by atoms with E-state index in [0.29, 0.717) is 30.4 Å². The molecule has 1 aromatic carbocycles. The molecule has 5 heteroatoms. The monoisotopic (exact) mass is 440 g/mol. The molecule has 1 atom stereocenters. The minimum Gasteiger partial charge on any atom is -0.490 e. The molecule has 1 aromatic heterocycles. The Labute approximate surface area is 194 Å². The molecular formula is C27H40N2O3. The fourth-order valence-corrected chi connectivity index (χ4v) is 3.43. The molecule has 32 heavy (non-hydrogen) atoms. The van der Waals surface area contributed by atoms with Crippen LogP contribution >= 0.6 is 0 Å². The van der Waals surface area contributed by atoms with Crippen LogP contribution in [-0.4, -0.2) is 22.5 Å². The largest absolute Gasteiger partial charge is 0.490 e. The molecule has 0 bridgehead atoms. The summed E-state index contributed by atoms with van der Waals surface area (Å²) < 4.78 is 11.2. The summed E-state index contributed by atoms with van der Waals surface area (Å²) >= 11 is 0. The molecule has 0 saturated carbocycles. The highest BCUT2D eigenvalue weighted by Crippen LogP contribution is 2.21. The van der Waals surface area contributed by atoms with Crippen molar-refractivity contribution in [3.05, 3.63) is 36.7 Å². The van der Waals surface area contributed by atoms with E-state index in [1.807, 2.05) is 12.1 Å². The molecule has 0 saturated heterocycles. The lowest BCUT2D eigenvalue weighted by molar-refractivity contribution is -0.134. The molecule has 2 rings (SSSR count). The second kappa shape index (κ2) is 15.4. The normalized spacial score (nSPS) is 11.8. The lowest BCUT2D eigenvalue weighted by atomic mass is 10.0. The molecule has 1 heterocycles. The van der Waals surface area contributed by atoms with Crippen LogP contribution in [0.15, 0.2) is 36.7 Å². The molecule has 0 aliphatic heterocycles. The van der Waals surface area contributed by atoms with Crippen molar-refractivity contribution < 1.29 is 14.3 Å². The standard InChI is InChI=1S/C27H40N2O3/c1-4-6-7-8-9-12-19-31-25-20-28-27(29-21-25)23-15-17-24(18-16-23)32-26(30)14-11-10-13-22(3)5-2/h15-18,20-22H,4-14,19H2,1-3H3/t22-/m0/s1. The van der Waals surface area contributed by atoms with Gasteiger partial charge in [0.05, 0.1) is 19.0 Å². The summed E-state index contributed by atoms with van der Waals surface area (Å²) in [4.78, 5) is 20.8. The number of esters is 1. The van der Waals surface area contributed by atoms with Gasteiger partial charge in [0.1, 0.15) is 5.75 Å². The summed E-state index contributed by atoms with van der Waals surface area (Å²) in [5.74, 6) is 2.42. The van der Waals surface area contributed by atoms with E-state index in [1.54, 1.807) is 24.5 Å². The van der Waals surface area contributed by atoms with E-state index in [-0.39, 0.29) is 5.97 Å². The Morgan fingerprint density at radius 2 is 1.56 bits per heavy atom. The van der Waals surface area contributed by atoms with Gasteiger partial charge < -0.3 is 9.47 Å². The van der Waals surface area contributed by atoms with Crippen LogP contribution in [0, 0.1) is 5.92 Å². The second-order valence-electron chi connectivity index (χ2n) is 8.62. The molecule has 176 valence electrons. The Hall–Kier alpha value is -2.43. The van der Waals surface area contributed by atoms with E-state index < -0.39 is 0 Å². The molecule has 0 spiro atoms. The molecular weight excluding hydrogens is 400 g/mol. The van der Waals surface area contributed by atoms with Crippen molar-refractivity contribution in [1.29, 1.82) is 0 Å². The van der Waals surface area contributed by atoms with Crippen LogP contribution in [0.2, 0.25) is 0 Å². The summed E-state index contributed by atoms with van der Waals surface area (Å²) in [6.45, 7) is 7.38. The van der Waals surface area contributed by atoms with Crippen molar-refractivity contribution in [3.63, 3.8) is 0 Å². The third kappa shape index (κ3) is 10.3. The zero-order valence-corrected chi connectivity index (χ0v) is 20.1. The summed E-state index contributed by atoms with van der Waals surface area (Å²) in [6, 6.07) is 7.33. The van der Waals surface area contributed by atoms with Crippen LogP contribution in [0.1, 0.15) is 91.4 Å². The van der Waals surface area contributed by atoms with Gasteiger partial charge in [-0.05, 0) is 43.0 Å². The Morgan fingerprint density at radius 3 is 2.25 bits per heavy atom. The summed E-state index contributed by atoms with van der Waals surface area (Å²) in [7, 11) is 0. The number of ether oxygens (including phenoxy) is 2. The van der Waals surface area contributed by atoms with E-state index in [2.05, 4.69) is 30.7 Å². The third-order valence-electron chi connectivity index (χ3n) is 5.76. The SMILES string of the molecule is CCCCCCCCOc1cnc(-c2ccc(OC(=O)CCCC[C@@H](C)CC)cc2)nc1. The Bertz CT molecular complexity index is 759. The van der Waals surface area contributed by atoms with Gasteiger partial charge in [0.15, 0.2) is 11.6 Å². The number of carbonyl (C=O) groups excluding carboxylic acids is 1. The molecule has 0 aliphatic rings. The maximum Gasteiger partial charge on any atom is 0.311 e. The number of nitrogens with zero attached hydrogens (tertiary/aromatic N) is 2. The van der Waals surface area contributed by atoms with Crippen molar-refractivity contribution in [2.45, 2.75) is 91.4 Å². The number of rotatable bonds is 16. The molecule has 0 unspecified atom stereocenters. The van der Waals surface area contributed by atoms with E-state index in [0.717, 1.165) is 30.7 Å². The minimum atomic E-state index is -0.176. The van der Waals surface area contributed by atoms with Gasteiger partial charge in [-0.3, -0.25) is 4.79 Å². The molecule has 0 fully saturated rings. The van der Waals surface area contributed by atoms with Gasteiger partial charge in [-0.25, -0.2) is 9.97 Å². The molecule has 5 nitrogen and oxygen atoms in total. The first-order valence-corrected chi connectivity index (χ1v) is 12.4. The highest BCUT2D eigenvalue weighted by molar-refractivity contribution is 5.72. The first kappa shape index (κ1) is 25.8. The predicted octanol–water partition coefficient (Wildman–Crippen LogP) is 7.39. The number of hydrogen-bond acceptors (Lipinski definition) is 5. The average Bonchev–Trinajstić information content (AvgIpc) is 2.82. The lowest BCUT2D eigenvalue weighted by Gasteiger charge is -2.08. The van der Waals surface area contributed by atoms with Crippen molar-refractivity contribution in [2.24, 2.45) is 5.92 Å². The summed E-state index contributed by atoms with van der Waals surface area (Å²) in [5, 5.41) is 0. The van der Waals surface area contributed by atoms with E-state index in [1.165, 1.54) is 44.9 Å². The topological polar surface area (TPSA) is 61.3 Å². The van der Waals surface area contributed by atoms with Gasteiger partial charge >= 0.3 is 5.97 Å². The minimum absolute atomic E-state index is 0.176. The molecule has 0 amide bonds. The van der Waals surface area contributed by atoms with Crippen molar-refractivity contribution in [3.8, 4) is 22.9 Å². The van der Waals surface area contributed by atoms with Gasteiger partial charge in [0.25, 0.3) is 0 Å². The fraction of sp³-hybridized carbons (Fsp3) is 0.593. The van der Waals surface area contributed by atoms with Crippen LogP contribution in [0.25, 0.3) is 11.4 Å². The van der Waals surface area contributed by atoms with Crippen LogP contribution < -0.4 is 9.47 Å². The van der Waals surface area contributed by atoms with Crippen molar-refractivity contribution in [2.75, 3.05) is 6.61 Å². The van der Waals surface area contributed by atoms with E-state index in [9.17, 15) is 4.79 Å². The average molecular weight is 441 g/mol. The van der Waals surface area contributed by atoms with Crippen LogP contribution in [0.4, 0.5) is 0 Å². The Balaban J connectivity index is 1.71.